The van der Waals surface area contributed by atoms with Crippen LogP contribution in [0.3, 0.4) is 0 Å². The second-order valence-corrected chi connectivity index (χ2v) is 11.4. The van der Waals surface area contributed by atoms with Gasteiger partial charge in [-0.3, -0.25) is 10.1 Å². The number of para-hydroxylation sites is 1. The number of nitrogens with one attached hydrogen (secondary N) is 1. The number of benzene rings is 2. The maximum atomic E-state index is 13.3. The Hall–Kier alpha value is -2.49. The van der Waals surface area contributed by atoms with Gasteiger partial charge in [-0.2, -0.15) is 4.31 Å². The molecule has 0 saturated heterocycles. The molecule has 0 saturated carbocycles. The smallest absolute Gasteiger partial charge is 0.261 e. The number of amides is 1. The highest BCUT2D eigenvalue weighted by Gasteiger charge is 2.26. The summed E-state index contributed by atoms with van der Waals surface area (Å²) < 4.78 is 34.1. The van der Waals surface area contributed by atoms with Crippen LogP contribution in [0.4, 0.5) is 5.13 Å². The van der Waals surface area contributed by atoms with Gasteiger partial charge in [0.15, 0.2) is 5.13 Å². The highest BCUT2D eigenvalue weighted by molar-refractivity contribution is 7.89. The molecule has 1 aromatic heterocycles. The van der Waals surface area contributed by atoms with Crippen LogP contribution in [-0.2, 0) is 10.0 Å². The van der Waals surface area contributed by atoms with Gasteiger partial charge in [0.25, 0.3) is 5.91 Å². The number of sulfonamides is 1. The monoisotopic (exact) mass is 475 g/mol. The average molecular weight is 476 g/mol. The Morgan fingerprint density at radius 2 is 1.75 bits per heavy atom. The van der Waals surface area contributed by atoms with Crippen LogP contribution in [0.1, 0.15) is 38.1 Å². The Balaban J connectivity index is 1.89. The van der Waals surface area contributed by atoms with Gasteiger partial charge < -0.3 is 4.74 Å². The van der Waals surface area contributed by atoms with Crippen LogP contribution in [0.25, 0.3) is 10.2 Å². The topological polar surface area (TPSA) is 88.6 Å². The molecule has 0 unspecified atom stereocenters. The van der Waals surface area contributed by atoms with Crippen molar-refractivity contribution in [2.24, 2.45) is 11.8 Å². The van der Waals surface area contributed by atoms with Crippen molar-refractivity contribution < 1.29 is 17.9 Å². The highest BCUT2D eigenvalue weighted by Crippen LogP contribution is 2.30. The molecule has 3 aromatic rings. The van der Waals surface area contributed by atoms with Crippen LogP contribution in [-0.4, -0.2) is 43.8 Å². The molecule has 0 aliphatic carbocycles. The van der Waals surface area contributed by atoms with Gasteiger partial charge in [0.05, 0.1) is 27.8 Å². The Labute approximate surface area is 193 Å². The molecule has 0 aliphatic rings. The van der Waals surface area contributed by atoms with E-state index in [0.717, 1.165) is 0 Å². The van der Waals surface area contributed by atoms with E-state index < -0.39 is 10.0 Å². The molecule has 0 spiro atoms. The molecule has 7 nitrogen and oxygen atoms in total. The molecule has 3 rings (SSSR count). The van der Waals surface area contributed by atoms with Crippen molar-refractivity contribution in [3.8, 4) is 5.75 Å². The summed E-state index contributed by atoms with van der Waals surface area (Å²) in [6, 6.07) is 11.8. The first kappa shape index (κ1) is 24.2. The van der Waals surface area contributed by atoms with Gasteiger partial charge in [-0.1, -0.05) is 51.2 Å². The third-order valence-electron chi connectivity index (χ3n) is 4.71. The number of methoxy groups -OCH3 is 1. The van der Waals surface area contributed by atoms with Gasteiger partial charge in [-0.25, -0.2) is 13.4 Å². The van der Waals surface area contributed by atoms with Crippen molar-refractivity contribution >= 4 is 42.6 Å². The van der Waals surface area contributed by atoms with E-state index in [1.54, 1.807) is 46.8 Å². The molecule has 1 N–H and O–H groups in total. The van der Waals surface area contributed by atoms with Crippen molar-refractivity contribution in [3.05, 3.63) is 48.0 Å². The third-order valence-corrected chi connectivity index (χ3v) is 7.47. The fraction of sp³-hybridized carbons (Fsp3) is 0.391. The van der Waals surface area contributed by atoms with E-state index in [-0.39, 0.29) is 22.6 Å². The number of hydrogen-bond acceptors (Lipinski definition) is 6. The van der Waals surface area contributed by atoms with Gasteiger partial charge in [-0.15, -0.1) is 0 Å². The summed E-state index contributed by atoms with van der Waals surface area (Å²) in [7, 11) is -2.13. The van der Waals surface area contributed by atoms with Crippen molar-refractivity contribution in [1.29, 1.82) is 0 Å². The van der Waals surface area contributed by atoms with Gasteiger partial charge >= 0.3 is 0 Å². The van der Waals surface area contributed by atoms with Crippen molar-refractivity contribution in [1.82, 2.24) is 9.29 Å². The highest BCUT2D eigenvalue weighted by atomic mass is 32.2. The second kappa shape index (κ2) is 9.97. The number of hydrogen-bond donors (Lipinski definition) is 1. The zero-order chi connectivity index (χ0) is 23.5. The molecule has 1 heterocycles. The molecule has 0 atom stereocenters. The molecule has 0 fully saturated rings. The summed E-state index contributed by atoms with van der Waals surface area (Å²) in [6.07, 6.45) is 0. The predicted octanol–water partition coefficient (Wildman–Crippen LogP) is 4.86. The number of rotatable bonds is 9. The first-order chi connectivity index (χ1) is 15.1. The summed E-state index contributed by atoms with van der Waals surface area (Å²) in [4.78, 5) is 17.3. The standard InChI is InChI=1S/C23H29N3O4S2/c1-15(2)13-26(14-16(3)4)32(28,29)17-10-11-19-21(12-17)31-23(24-19)25-22(27)18-8-6-7-9-20(18)30-5/h6-12,15-16H,13-14H2,1-5H3,(H,24,25,27). The molecular weight excluding hydrogens is 446 g/mol. The maximum absolute atomic E-state index is 13.3. The van der Waals surface area contributed by atoms with Gasteiger partial charge in [-0.05, 0) is 42.2 Å². The van der Waals surface area contributed by atoms with E-state index in [0.29, 0.717) is 39.8 Å². The molecule has 0 radical (unpaired) electrons. The van der Waals surface area contributed by atoms with E-state index in [2.05, 4.69) is 10.3 Å². The number of carbonyl (C=O) groups excluding carboxylic acids is 1. The Morgan fingerprint density at radius 1 is 1.09 bits per heavy atom. The van der Waals surface area contributed by atoms with Crippen molar-refractivity contribution in [2.75, 3.05) is 25.5 Å². The molecule has 1 amide bonds. The molecule has 32 heavy (non-hydrogen) atoms. The van der Waals surface area contributed by atoms with Crippen LogP contribution in [0.5, 0.6) is 5.75 Å². The van der Waals surface area contributed by atoms with E-state index in [1.807, 2.05) is 27.7 Å². The molecular formula is C23H29N3O4S2. The number of anilines is 1. The summed E-state index contributed by atoms with van der Waals surface area (Å²) in [6.45, 7) is 8.94. The van der Waals surface area contributed by atoms with Gasteiger partial charge in [0.1, 0.15) is 5.75 Å². The summed E-state index contributed by atoms with van der Waals surface area (Å²) in [5.41, 5.74) is 1.03. The number of nitrogens with zero attached hydrogens (tertiary/aromatic N) is 2. The van der Waals surface area contributed by atoms with Crippen LogP contribution < -0.4 is 10.1 Å². The quantitative estimate of drug-likeness (QED) is 0.477. The van der Waals surface area contributed by atoms with Crippen molar-refractivity contribution in [2.45, 2.75) is 32.6 Å². The summed E-state index contributed by atoms with van der Waals surface area (Å²) >= 11 is 1.24. The number of fused-ring (bicyclic) bond motifs is 1. The van der Waals surface area contributed by atoms with Gasteiger partial charge in [0.2, 0.25) is 10.0 Å². The lowest BCUT2D eigenvalue weighted by molar-refractivity contribution is 0.102. The zero-order valence-corrected chi connectivity index (χ0v) is 20.6. The van der Waals surface area contributed by atoms with Crippen LogP contribution in [0.15, 0.2) is 47.4 Å². The summed E-state index contributed by atoms with van der Waals surface area (Å²) in [5, 5.41) is 3.18. The van der Waals surface area contributed by atoms with Crippen LogP contribution in [0.2, 0.25) is 0 Å². The van der Waals surface area contributed by atoms with Crippen LogP contribution >= 0.6 is 11.3 Å². The largest absolute Gasteiger partial charge is 0.496 e. The fourth-order valence-electron chi connectivity index (χ4n) is 3.35. The average Bonchev–Trinajstić information content (AvgIpc) is 3.13. The number of carbonyl (C=O) groups is 1. The lowest BCUT2D eigenvalue weighted by Gasteiger charge is -2.25. The Kier molecular flexibility index (Phi) is 7.53. The Bertz CT molecular complexity index is 1190. The number of aromatic nitrogens is 1. The van der Waals surface area contributed by atoms with E-state index in [9.17, 15) is 13.2 Å². The lowest BCUT2D eigenvalue weighted by atomic mass is 10.2. The SMILES string of the molecule is COc1ccccc1C(=O)Nc1nc2ccc(S(=O)(=O)N(CC(C)C)CC(C)C)cc2s1. The number of ether oxygens (including phenoxy) is 1. The molecule has 2 aromatic carbocycles. The minimum Gasteiger partial charge on any atom is -0.496 e. The second-order valence-electron chi connectivity index (χ2n) is 8.41. The van der Waals surface area contributed by atoms with Crippen LogP contribution in [0, 0.1) is 11.8 Å². The third kappa shape index (κ3) is 5.46. The van der Waals surface area contributed by atoms with Gasteiger partial charge in [0, 0.05) is 13.1 Å². The Morgan fingerprint density at radius 3 is 2.38 bits per heavy atom. The van der Waals surface area contributed by atoms with E-state index in [1.165, 1.54) is 18.4 Å². The minimum atomic E-state index is -3.64. The summed E-state index contributed by atoms with van der Waals surface area (Å²) in [5.74, 6) is 0.559. The van der Waals surface area contributed by atoms with E-state index >= 15 is 0 Å². The molecule has 0 bridgehead atoms. The maximum Gasteiger partial charge on any atom is 0.261 e. The molecule has 0 aliphatic heterocycles. The zero-order valence-electron chi connectivity index (χ0n) is 19.0. The predicted molar refractivity (Wildman–Crippen MR) is 129 cm³/mol. The lowest BCUT2D eigenvalue weighted by Crippen LogP contribution is -2.37. The normalized spacial score (nSPS) is 12.1. The molecule has 172 valence electrons. The first-order valence-electron chi connectivity index (χ1n) is 10.5. The molecule has 9 heteroatoms. The fourth-order valence-corrected chi connectivity index (χ4v) is 6.12. The van der Waals surface area contributed by atoms with E-state index in [4.69, 9.17) is 4.74 Å². The first-order valence-corrected chi connectivity index (χ1v) is 12.7. The van der Waals surface area contributed by atoms with Crippen molar-refractivity contribution in [3.63, 3.8) is 0 Å². The number of thiazole rings is 1. The minimum absolute atomic E-state index is 0.215.